The van der Waals surface area contributed by atoms with Crippen LogP contribution < -0.4 is 4.74 Å². The topological polar surface area (TPSA) is 9.23 Å². The van der Waals surface area contributed by atoms with Crippen LogP contribution in [0.3, 0.4) is 0 Å². The highest BCUT2D eigenvalue weighted by molar-refractivity contribution is 6.31. The highest BCUT2D eigenvalue weighted by Crippen LogP contribution is 2.38. The summed E-state index contributed by atoms with van der Waals surface area (Å²) in [6.45, 7) is 11.0. The molecule has 0 N–H and O–H groups in total. The standard InChI is InChI=1S/C17H23ClO/c1-6-8-9-12(3)16-14(5)15(18)11-13(4)17(16)19-10-7-2/h11-12H,7,9-10H2,1-5H3. The van der Waals surface area contributed by atoms with Crippen molar-refractivity contribution >= 4 is 11.6 Å². The molecule has 0 amide bonds. The van der Waals surface area contributed by atoms with Crippen molar-refractivity contribution in [1.82, 2.24) is 0 Å². The molecule has 0 fully saturated rings. The fraction of sp³-hybridized carbons (Fsp3) is 0.529. The summed E-state index contributed by atoms with van der Waals surface area (Å²) in [5, 5.41) is 0.813. The van der Waals surface area contributed by atoms with Crippen LogP contribution in [-0.2, 0) is 0 Å². The number of aryl methyl sites for hydroxylation is 1. The van der Waals surface area contributed by atoms with Gasteiger partial charge in [-0.25, -0.2) is 0 Å². The molecule has 0 aliphatic carbocycles. The van der Waals surface area contributed by atoms with Gasteiger partial charge in [-0.1, -0.05) is 25.4 Å². The maximum absolute atomic E-state index is 6.31. The lowest BCUT2D eigenvalue weighted by Crippen LogP contribution is -2.06. The van der Waals surface area contributed by atoms with Crippen LogP contribution in [0.5, 0.6) is 5.75 Å². The Morgan fingerprint density at radius 3 is 2.63 bits per heavy atom. The van der Waals surface area contributed by atoms with Crippen molar-refractivity contribution in [2.24, 2.45) is 0 Å². The van der Waals surface area contributed by atoms with Gasteiger partial charge in [0.2, 0.25) is 0 Å². The van der Waals surface area contributed by atoms with E-state index in [1.807, 2.05) is 13.0 Å². The smallest absolute Gasteiger partial charge is 0.126 e. The van der Waals surface area contributed by atoms with Gasteiger partial charge in [-0.3, -0.25) is 0 Å². The van der Waals surface area contributed by atoms with Crippen LogP contribution in [0.2, 0.25) is 5.02 Å². The van der Waals surface area contributed by atoms with Crippen LogP contribution in [0, 0.1) is 25.7 Å². The monoisotopic (exact) mass is 278 g/mol. The third kappa shape index (κ3) is 3.91. The molecule has 19 heavy (non-hydrogen) atoms. The summed E-state index contributed by atoms with van der Waals surface area (Å²) in [4.78, 5) is 0. The fourth-order valence-electron chi connectivity index (χ4n) is 2.22. The number of ether oxygens (including phenoxy) is 1. The van der Waals surface area contributed by atoms with Crippen molar-refractivity contribution in [3.8, 4) is 17.6 Å². The Morgan fingerprint density at radius 2 is 2.05 bits per heavy atom. The van der Waals surface area contributed by atoms with Crippen molar-refractivity contribution in [2.75, 3.05) is 6.61 Å². The maximum atomic E-state index is 6.31. The molecule has 1 nitrogen and oxygen atoms in total. The minimum atomic E-state index is 0.330. The van der Waals surface area contributed by atoms with E-state index >= 15 is 0 Å². The lowest BCUT2D eigenvalue weighted by molar-refractivity contribution is 0.310. The van der Waals surface area contributed by atoms with E-state index in [4.69, 9.17) is 16.3 Å². The summed E-state index contributed by atoms with van der Waals surface area (Å²) < 4.78 is 5.95. The Morgan fingerprint density at radius 1 is 1.37 bits per heavy atom. The van der Waals surface area contributed by atoms with Crippen LogP contribution >= 0.6 is 11.6 Å². The average molecular weight is 279 g/mol. The van der Waals surface area contributed by atoms with Gasteiger partial charge in [-0.05, 0) is 50.3 Å². The summed E-state index contributed by atoms with van der Waals surface area (Å²) in [6, 6.07) is 1.99. The Balaban J connectivity index is 3.25. The molecule has 0 aromatic heterocycles. The zero-order chi connectivity index (χ0) is 14.4. The molecule has 1 aromatic rings. The second kappa shape index (κ2) is 7.46. The van der Waals surface area contributed by atoms with Crippen LogP contribution in [0.4, 0.5) is 0 Å². The predicted molar refractivity (Wildman–Crippen MR) is 83.2 cm³/mol. The molecule has 0 saturated carbocycles. The first kappa shape index (κ1) is 15.9. The van der Waals surface area contributed by atoms with Gasteiger partial charge in [-0.15, -0.1) is 11.8 Å². The fourth-order valence-corrected chi connectivity index (χ4v) is 2.49. The molecule has 104 valence electrons. The number of hydrogen-bond donors (Lipinski definition) is 0. The molecule has 0 radical (unpaired) electrons. The largest absolute Gasteiger partial charge is 0.493 e. The van der Waals surface area contributed by atoms with E-state index in [0.29, 0.717) is 5.92 Å². The summed E-state index contributed by atoms with van der Waals surface area (Å²) in [5.74, 6) is 7.43. The van der Waals surface area contributed by atoms with Gasteiger partial charge in [0.15, 0.2) is 0 Å². The first-order valence-electron chi connectivity index (χ1n) is 6.84. The van der Waals surface area contributed by atoms with E-state index < -0.39 is 0 Å². The Bertz CT molecular complexity index is 494. The highest BCUT2D eigenvalue weighted by Gasteiger charge is 2.18. The SMILES string of the molecule is CC#CCC(C)c1c(C)c(Cl)cc(C)c1OCCC. The van der Waals surface area contributed by atoms with Gasteiger partial charge in [0.1, 0.15) is 5.75 Å². The van der Waals surface area contributed by atoms with E-state index in [2.05, 4.69) is 39.5 Å². The third-order valence-corrected chi connectivity index (χ3v) is 3.63. The van der Waals surface area contributed by atoms with Crippen LogP contribution in [0.1, 0.15) is 56.2 Å². The third-order valence-electron chi connectivity index (χ3n) is 3.24. The maximum Gasteiger partial charge on any atom is 0.126 e. The van der Waals surface area contributed by atoms with E-state index in [-0.39, 0.29) is 0 Å². The second-order valence-electron chi connectivity index (χ2n) is 4.92. The van der Waals surface area contributed by atoms with Gasteiger partial charge in [0.25, 0.3) is 0 Å². The normalized spacial score (nSPS) is 11.7. The lowest BCUT2D eigenvalue weighted by atomic mass is 9.91. The Kier molecular flexibility index (Phi) is 6.25. The molecule has 0 aliphatic heterocycles. The van der Waals surface area contributed by atoms with Crippen LogP contribution in [-0.4, -0.2) is 6.61 Å². The molecule has 1 unspecified atom stereocenters. The molecule has 1 atom stereocenters. The highest BCUT2D eigenvalue weighted by atomic mass is 35.5. The molecule has 0 saturated heterocycles. The summed E-state index contributed by atoms with van der Waals surface area (Å²) in [7, 11) is 0. The van der Waals surface area contributed by atoms with Gasteiger partial charge >= 0.3 is 0 Å². The predicted octanol–water partition coefficient (Wildman–Crippen LogP) is 5.26. The number of halogens is 1. The quantitative estimate of drug-likeness (QED) is 0.667. The molecule has 0 spiro atoms. The minimum absolute atomic E-state index is 0.330. The van der Waals surface area contributed by atoms with Crippen molar-refractivity contribution < 1.29 is 4.74 Å². The Labute approximate surface area is 122 Å². The molecule has 0 bridgehead atoms. The number of hydrogen-bond acceptors (Lipinski definition) is 1. The van der Waals surface area contributed by atoms with E-state index in [9.17, 15) is 0 Å². The molecular weight excluding hydrogens is 256 g/mol. The van der Waals surface area contributed by atoms with Crippen molar-refractivity contribution in [2.45, 2.75) is 53.4 Å². The summed E-state index contributed by atoms with van der Waals surface area (Å²) in [6.07, 6.45) is 1.84. The number of rotatable bonds is 5. The van der Waals surface area contributed by atoms with Gasteiger partial charge < -0.3 is 4.74 Å². The van der Waals surface area contributed by atoms with Crippen molar-refractivity contribution in [3.63, 3.8) is 0 Å². The zero-order valence-corrected chi connectivity index (χ0v) is 13.3. The molecule has 1 aromatic carbocycles. The molecule has 0 heterocycles. The molecular formula is C17H23ClO. The first-order valence-corrected chi connectivity index (χ1v) is 7.22. The zero-order valence-electron chi connectivity index (χ0n) is 12.6. The number of benzene rings is 1. The Hall–Kier alpha value is -1.13. The average Bonchev–Trinajstić information content (AvgIpc) is 2.38. The molecule has 1 rings (SSSR count). The summed E-state index contributed by atoms with van der Waals surface area (Å²) >= 11 is 6.31. The van der Waals surface area contributed by atoms with Crippen LogP contribution in [0.15, 0.2) is 6.07 Å². The van der Waals surface area contributed by atoms with E-state index in [0.717, 1.165) is 41.3 Å². The molecule has 2 heteroatoms. The molecule has 0 aliphatic rings. The van der Waals surface area contributed by atoms with Crippen molar-refractivity contribution in [1.29, 1.82) is 0 Å². The van der Waals surface area contributed by atoms with Gasteiger partial charge in [0.05, 0.1) is 6.61 Å². The minimum Gasteiger partial charge on any atom is -0.493 e. The second-order valence-corrected chi connectivity index (χ2v) is 5.33. The van der Waals surface area contributed by atoms with Gasteiger partial charge in [0, 0.05) is 17.0 Å². The van der Waals surface area contributed by atoms with Crippen LogP contribution in [0.25, 0.3) is 0 Å². The van der Waals surface area contributed by atoms with E-state index in [1.54, 1.807) is 0 Å². The van der Waals surface area contributed by atoms with Gasteiger partial charge in [-0.2, -0.15) is 0 Å². The van der Waals surface area contributed by atoms with E-state index in [1.165, 1.54) is 5.56 Å². The first-order chi connectivity index (χ1) is 9.02. The summed E-state index contributed by atoms with van der Waals surface area (Å²) in [5.41, 5.74) is 3.43. The van der Waals surface area contributed by atoms with Crippen molar-refractivity contribution in [3.05, 3.63) is 27.8 Å². The lowest BCUT2D eigenvalue weighted by Gasteiger charge is -2.21.